The summed E-state index contributed by atoms with van der Waals surface area (Å²) in [6.45, 7) is 0.469. The smallest absolute Gasteiger partial charge is 0.410 e. The molecule has 1 aliphatic heterocycles. The summed E-state index contributed by atoms with van der Waals surface area (Å²) < 4.78 is 39.6. The number of carbonyl (C=O) groups excluding carboxylic acids is 2. The van der Waals surface area contributed by atoms with E-state index in [4.69, 9.17) is 4.74 Å². The van der Waals surface area contributed by atoms with Gasteiger partial charge in [0.15, 0.2) is 0 Å². The number of aliphatic hydroxyl groups is 1. The largest absolute Gasteiger partial charge is 0.465 e. The molecule has 1 aliphatic rings. The van der Waals surface area contributed by atoms with Crippen LogP contribution in [-0.2, 0) is 21.8 Å². The minimum absolute atomic E-state index is 0.164. The van der Waals surface area contributed by atoms with Crippen LogP contribution in [0.1, 0.15) is 33.1 Å². The molecule has 3 rings (SSSR count). The van der Waals surface area contributed by atoms with E-state index in [0.717, 1.165) is 11.1 Å². The van der Waals surface area contributed by atoms with Gasteiger partial charge in [-0.2, -0.15) is 8.78 Å². The summed E-state index contributed by atoms with van der Waals surface area (Å²) in [7, 11) is 1.29. The van der Waals surface area contributed by atoms with Crippen molar-refractivity contribution in [1.29, 1.82) is 0 Å². The molecule has 7 nitrogen and oxygen atoms in total. The SMILES string of the molecule is COC(=O)c1cnc(CCCN2C(=O)OCCC2C=CC(O)C(F)(F)c2cccc(Br)c2)s1. The van der Waals surface area contributed by atoms with E-state index < -0.39 is 30.1 Å². The standard InChI is InChI=1S/C22H23BrF2N2O5S/c1-31-20(29)17-13-26-19(33-17)6-3-10-27-16(9-11-32-21(27)30)7-8-18(28)22(24,25)14-4-2-5-15(23)12-14/h2,4-5,7-8,12-13,16,18,28H,3,6,9-11H2,1H3. The van der Waals surface area contributed by atoms with Gasteiger partial charge in [0.05, 0.1) is 31.0 Å². The highest BCUT2D eigenvalue weighted by Gasteiger charge is 2.39. The van der Waals surface area contributed by atoms with E-state index in [-0.39, 0.29) is 12.2 Å². The Morgan fingerprint density at radius 2 is 2.30 bits per heavy atom. The number of aliphatic hydroxyl groups excluding tert-OH is 1. The van der Waals surface area contributed by atoms with E-state index in [9.17, 15) is 23.5 Å². The van der Waals surface area contributed by atoms with Gasteiger partial charge in [-0.3, -0.25) is 0 Å². The molecule has 2 aromatic rings. The average molecular weight is 545 g/mol. The Kier molecular flexibility index (Phi) is 8.55. The molecule has 1 aromatic heterocycles. The molecular weight excluding hydrogens is 522 g/mol. The lowest BCUT2D eigenvalue weighted by Crippen LogP contribution is -2.45. The number of aryl methyl sites for hydroxylation is 1. The summed E-state index contributed by atoms with van der Waals surface area (Å²) in [5, 5.41) is 10.9. The highest BCUT2D eigenvalue weighted by molar-refractivity contribution is 9.10. The second-order valence-corrected chi connectivity index (χ2v) is 9.37. The third kappa shape index (κ3) is 6.36. The first kappa shape index (κ1) is 25.3. The molecule has 2 atom stereocenters. The lowest BCUT2D eigenvalue weighted by molar-refractivity contribution is -0.0930. The molecule has 178 valence electrons. The van der Waals surface area contributed by atoms with Crippen LogP contribution in [-0.4, -0.2) is 59.5 Å². The number of hydrogen-bond donors (Lipinski definition) is 1. The van der Waals surface area contributed by atoms with Crippen LogP contribution in [0.3, 0.4) is 0 Å². The Hall–Kier alpha value is -2.37. The highest BCUT2D eigenvalue weighted by atomic mass is 79.9. The van der Waals surface area contributed by atoms with Crippen molar-refractivity contribution < 1.29 is 33.0 Å². The number of thiazole rings is 1. The first-order valence-electron chi connectivity index (χ1n) is 10.2. The molecule has 0 saturated carbocycles. The molecule has 0 aliphatic carbocycles. The van der Waals surface area contributed by atoms with Crippen molar-refractivity contribution in [3.63, 3.8) is 0 Å². The number of cyclic esters (lactones) is 1. The Balaban J connectivity index is 1.62. The molecule has 1 fully saturated rings. The maximum absolute atomic E-state index is 14.7. The van der Waals surface area contributed by atoms with Crippen molar-refractivity contribution >= 4 is 39.3 Å². The third-order valence-electron chi connectivity index (χ3n) is 5.10. The van der Waals surface area contributed by atoms with Gasteiger partial charge in [-0.05, 0) is 18.6 Å². The number of esters is 1. The molecule has 33 heavy (non-hydrogen) atoms. The van der Waals surface area contributed by atoms with Gasteiger partial charge < -0.3 is 19.5 Å². The zero-order valence-electron chi connectivity index (χ0n) is 17.7. The fourth-order valence-corrected chi connectivity index (χ4v) is 4.62. The molecule has 0 spiro atoms. The fourth-order valence-electron chi connectivity index (χ4n) is 3.34. The van der Waals surface area contributed by atoms with E-state index in [0.29, 0.717) is 35.2 Å². The van der Waals surface area contributed by atoms with Gasteiger partial charge in [0.2, 0.25) is 0 Å². The van der Waals surface area contributed by atoms with Gasteiger partial charge in [0.1, 0.15) is 11.0 Å². The van der Waals surface area contributed by atoms with Crippen LogP contribution in [0.15, 0.2) is 47.1 Å². The third-order valence-corrected chi connectivity index (χ3v) is 6.63. The molecule has 1 saturated heterocycles. The number of rotatable bonds is 9. The second-order valence-electron chi connectivity index (χ2n) is 7.34. The van der Waals surface area contributed by atoms with E-state index in [1.54, 1.807) is 6.07 Å². The van der Waals surface area contributed by atoms with E-state index in [1.807, 2.05) is 0 Å². The molecule has 2 heterocycles. The number of benzene rings is 1. The molecule has 0 radical (unpaired) electrons. The lowest BCUT2D eigenvalue weighted by atomic mass is 10.0. The lowest BCUT2D eigenvalue weighted by Gasteiger charge is -2.33. The number of alkyl halides is 2. The second kappa shape index (κ2) is 11.2. The van der Waals surface area contributed by atoms with Crippen LogP contribution in [0, 0.1) is 0 Å². The Bertz CT molecular complexity index is 1020. The van der Waals surface area contributed by atoms with E-state index >= 15 is 0 Å². The molecule has 1 aromatic carbocycles. The molecule has 11 heteroatoms. The summed E-state index contributed by atoms with van der Waals surface area (Å²) in [5.41, 5.74) is -0.316. The number of methoxy groups -OCH3 is 1. The fraction of sp³-hybridized carbons (Fsp3) is 0.409. The molecule has 1 amide bonds. The van der Waals surface area contributed by atoms with Gasteiger partial charge >= 0.3 is 18.0 Å². The Labute approximate surface area is 202 Å². The van der Waals surface area contributed by atoms with Crippen LogP contribution in [0.25, 0.3) is 0 Å². The first-order chi connectivity index (χ1) is 15.7. The molecule has 2 unspecified atom stereocenters. The summed E-state index contributed by atoms with van der Waals surface area (Å²) in [6.07, 6.45) is 2.77. The zero-order chi connectivity index (χ0) is 24.0. The van der Waals surface area contributed by atoms with Gasteiger partial charge in [0, 0.05) is 29.4 Å². The maximum Gasteiger partial charge on any atom is 0.410 e. The van der Waals surface area contributed by atoms with Crippen LogP contribution in [0.4, 0.5) is 13.6 Å². The highest BCUT2D eigenvalue weighted by Crippen LogP contribution is 2.34. The number of hydrogen-bond acceptors (Lipinski definition) is 7. The summed E-state index contributed by atoms with van der Waals surface area (Å²) in [4.78, 5) is 29.8. The predicted octanol–water partition coefficient (Wildman–Crippen LogP) is 4.54. The number of ether oxygens (including phenoxy) is 2. The van der Waals surface area contributed by atoms with Gasteiger partial charge in [-0.15, -0.1) is 11.3 Å². The van der Waals surface area contributed by atoms with Crippen LogP contribution in [0.2, 0.25) is 0 Å². The van der Waals surface area contributed by atoms with Crippen molar-refractivity contribution in [1.82, 2.24) is 9.88 Å². The summed E-state index contributed by atoms with van der Waals surface area (Å²) >= 11 is 4.37. The van der Waals surface area contributed by atoms with Crippen LogP contribution in [0.5, 0.6) is 0 Å². The Morgan fingerprint density at radius 1 is 1.52 bits per heavy atom. The number of halogens is 3. The summed E-state index contributed by atoms with van der Waals surface area (Å²) in [6, 6.07) is 5.11. The number of aromatic nitrogens is 1. The maximum atomic E-state index is 14.7. The molecular formula is C22H23BrF2N2O5S. The van der Waals surface area contributed by atoms with Crippen molar-refractivity contribution in [3.8, 4) is 0 Å². The summed E-state index contributed by atoms with van der Waals surface area (Å²) in [5.74, 6) is -3.95. The van der Waals surface area contributed by atoms with Crippen molar-refractivity contribution in [2.75, 3.05) is 20.3 Å². The number of amides is 1. The van der Waals surface area contributed by atoms with Gasteiger partial charge in [0.25, 0.3) is 0 Å². The van der Waals surface area contributed by atoms with Gasteiger partial charge in [-0.25, -0.2) is 14.6 Å². The van der Waals surface area contributed by atoms with Gasteiger partial charge in [-0.1, -0.05) is 40.2 Å². The minimum atomic E-state index is -3.50. The molecule has 1 N–H and O–H groups in total. The topological polar surface area (TPSA) is 89.0 Å². The van der Waals surface area contributed by atoms with Crippen molar-refractivity contribution in [2.24, 2.45) is 0 Å². The van der Waals surface area contributed by atoms with Crippen LogP contribution >= 0.6 is 27.3 Å². The number of carbonyl (C=O) groups is 2. The first-order valence-corrected chi connectivity index (χ1v) is 11.8. The van der Waals surface area contributed by atoms with E-state index in [2.05, 4.69) is 25.7 Å². The predicted molar refractivity (Wildman–Crippen MR) is 121 cm³/mol. The van der Waals surface area contributed by atoms with Crippen molar-refractivity contribution in [2.45, 2.75) is 37.3 Å². The monoisotopic (exact) mass is 544 g/mol. The normalized spacial score (nSPS) is 17.8. The minimum Gasteiger partial charge on any atom is -0.465 e. The average Bonchev–Trinajstić information content (AvgIpc) is 3.27. The number of nitrogens with zero attached hydrogens (tertiary/aromatic N) is 2. The quantitative estimate of drug-likeness (QED) is 0.368. The van der Waals surface area contributed by atoms with Crippen molar-refractivity contribution in [3.05, 3.63) is 62.5 Å². The van der Waals surface area contributed by atoms with Crippen LogP contribution < -0.4 is 0 Å². The zero-order valence-corrected chi connectivity index (χ0v) is 20.2. The molecule has 0 bridgehead atoms. The van der Waals surface area contributed by atoms with E-state index in [1.165, 1.54) is 53.8 Å². The Morgan fingerprint density at radius 3 is 3.03 bits per heavy atom.